The van der Waals surface area contributed by atoms with Crippen LogP contribution in [-0.2, 0) is 26.0 Å². The largest absolute Gasteiger partial charge is 0.381 e. The number of hydrogen-bond acceptors (Lipinski definition) is 7. The second kappa shape index (κ2) is 9.39. The summed E-state index contributed by atoms with van der Waals surface area (Å²) >= 11 is 0. The van der Waals surface area contributed by atoms with Crippen molar-refractivity contribution in [1.82, 2.24) is 19.8 Å². The van der Waals surface area contributed by atoms with Crippen LogP contribution in [0, 0.1) is 0 Å². The number of hydrogen-bond donors (Lipinski definition) is 2. The Balaban J connectivity index is 1.65. The van der Waals surface area contributed by atoms with E-state index in [0.29, 0.717) is 24.2 Å². The van der Waals surface area contributed by atoms with Gasteiger partial charge in [-0.3, -0.25) is 10.0 Å². The number of halogens is 2. The maximum Gasteiger partial charge on any atom is 0.266 e. The van der Waals surface area contributed by atoms with E-state index >= 15 is 0 Å². The molecule has 174 valence electrons. The van der Waals surface area contributed by atoms with Crippen LogP contribution < -0.4 is 5.48 Å². The molecule has 1 amide bonds. The lowest BCUT2D eigenvalue weighted by Gasteiger charge is -2.40. The van der Waals surface area contributed by atoms with Gasteiger partial charge in [0, 0.05) is 63.9 Å². The summed E-state index contributed by atoms with van der Waals surface area (Å²) in [6.07, 6.45) is 3.88. The molecule has 0 aliphatic carbocycles. The number of carbonyl (C=O) groups is 1. The second-order valence-electron chi connectivity index (χ2n) is 8.25. The van der Waals surface area contributed by atoms with E-state index in [1.54, 1.807) is 12.4 Å². The predicted molar refractivity (Wildman–Crippen MR) is 106 cm³/mol. The average Bonchev–Trinajstić information content (AvgIpc) is 2.77. The fraction of sp³-hybridized carbons (Fsp3) is 0.737. The standard InChI is InChI=1S/C19H28F2N4O5S/c1-18(20,21)5-2-14-12-22-16(23-13-14)15-3-8-25(9-4-15)31(28,29)19(17(26)24-27)6-10-30-11-7-19/h12-13,15,27H,2-11H2,1H3,(H,24,26). The highest BCUT2D eigenvalue weighted by atomic mass is 32.2. The summed E-state index contributed by atoms with van der Waals surface area (Å²) in [7, 11) is -4.02. The number of piperidine rings is 1. The molecule has 1 aromatic heterocycles. The molecule has 2 fully saturated rings. The summed E-state index contributed by atoms with van der Waals surface area (Å²) < 4.78 is 57.4. The van der Waals surface area contributed by atoms with Gasteiger partial charge in [0.25, 0.3) is 5.91 Å². The molecular formula is C19H28F2N4O5S. The number of alkyl halides is 2. The number of nitrogens with zero attached hydrogens (tertiary/aromatic N) is 3. The van der Waals surface area contributed by atoms with Gasteiger partial charge in [0.2, 0.25) is 15.9 Å². The monoisotopic (exact) mass is 462 g/mol. The quantitative estimate of drug-likeness (QED) is 0.467. The first-order valence-corrected chi connectivity index (χ1v) is 11.7. The SMILES string of the molecule is CC(F)(F)CCc1cnc(C2CCN(S(=O)(=O)C3(C(=O)NO)CCOCC3)CC2)nc1. The van der Waals surface area contributed by atoms with Crippen LogP contribution in [0.15, 0.2) is 12.4 Å². The van der Waals surface area contributed by atoms with E-state index in [2.05, 4.69) is 9.97 Å². The Hall–Kier alpha value is -1.76. The molecule has 1 aromatic rings. The number of sulfonamides is 1. The van der Waals surface area contributed by atoms with Gasteiger partial charge in [-0.1, -0.05) is 0 Å². The first-order valence-electron chi connectivity index (χ1n) is 10.3. The zero-order valence-electron chi connectivity index (χ0n) is 17.4. The van der Waals surface area contributed by atoms with Crippen molar-refractivity contribution in [3.05, 3.63) is 23.8 Å². The van der Waals surface area contributed by atoms with Crippen molar-refractivity contribution < 1.29 is 31.9 Å². The molecule has 3 heterocycles. The molecule has 0 spiro atoms. The summed E-state index contributed by atoms with van der Waals surface area (Å²) in [5.74, 6) is -3.19. The van der Waals surface area contributed by atoms with Gasteiger partial charge < -0.3 is 4.74 Å². The lowest BCUT2D eigenvalue weighted by Crippen LogP contribution is -2.60. The Morgan fingerprint density at radius 1 is 1.29 bits per heavy atom. The maximum atomic E-state index is 13.3. The van der Waals surface area contributed by atoms with E-state index in [9.17, 15) is 22.0 Å². The van der Waals surface area contributed by atoms with E-state index in [1.165, 1.54) is 9.79 Å². The normalized spacial score (nSPS) is 21.0. The Kier molecular flexibility index (Phi) is 7.24. The highest BCUT2D eigenvalue weighted by Crippen LogP contribution is 2.36. The first kappa shape index (κ1) is 23.9. The first-order chi connectivity index (χ1) is 14.6. The van der Waals surface area contributed by atoms with Gasteiger partial charge in [0.1, 0.15) is 5.82 Å². The van der Waals surface area contributed by atoms with Gasteiger partial charge in [-0.05, 0) is 31.7 Å². The smallest absolute Gasteiger partial charge is 0.266 e. The number of amides is 1. The molecule has 0 bridgehead atoms. The van der Waals surface area contributed by atoms with Crippen molar-refractivity contribution in [2.75, 3.05) is 26.3 Å². The van der Waals surface area contributed by atoms with Crippen molar-refractivity contribution in [2.24, 2.45) is 0 Å². The highest BCUT2D eigenvalue weighted by molar-refractivity contribution is 7.91. The third-order valence-corrected chi connectivity index (χ3v) is 8.67. The summed E-state index contributed by atoms with van der Waals surface area (Å²) in [6, 6.07) is 0. The lowest BCUT2D eigenvalue weighted by molar-refractivity contribution is -0.134. The molecule has 0 radical (unpaired) electrons. The lowest BCUT2D eigenvalue weighted by atomic mass is 9.97. The number of nitrogens with one attached hydrogen (secondary N) is 1. The van der Waals surface area contributed by atoms with Crippen molar-refractivity contribution in [1.29, 1.82) is 0 Å². The number of hydroxylamine groups is 1. The minimum absolute atomic E-state index is 0.0248. The molecule has 9 nitrogen and oxygen atoms in total. The summed E-state index contributed by atoms with van der Waals surface area (Å²) in [5, 5.41) is 9.13. The van der Waals surface area contributed by atoms with E-state index < -0.39 is 26.6 Å². The van der Waals surface area contributed by atoms with Crippen LogP contribution in [-0.4, -0.2) is 70.8 Å². The fourth-order valence-electron chi connectivity index (χ4n) is 4.08. The Morgan fingerprint density at radius 3 is 2.39 bits per heavy atom. The van der Waals surface area contributed by atoms with Crippen molar-refractivity contribution in [2.45, 2.75) is 62.0 Å². The summed E-state index contributed by atoms with van der Waals surface area (Å²) in [6.45, 7) is 1.50. The van der Waals surface area contributed by atoms with Gasteiger partial charge in [0.15, 0.2) is 4.75 Å². The molecule has 0 aromatic carbocycles. The molecule has 12 heteroatoms. The number of aryl methyl sites for hydroxylation is 1. The van der Waals surface area contributed by atoms with Gasteiger partial charge in [-0.25, -0.2) is 37.0 Å². The molecule has 0 atom stereocenters. The molecule has 2 aliphatic heterocycles. The topological polar surface area (TPSA) is 122 Å². The molecule has 0 saturated carbocycles. The minimum Gasteiger partial charge on any atom is -0.381 e. The van der Waals surface area contributed by atoms with Gasteiger partial charge in [-0.15, -0.1) is 0 Å². The molecule has 0 unspecified atom stereocenters. The number of rotatable bonds is 7. The number of aromatic nitrogens is 2. The van der Waals surface area contributed by atoms with E-state index in [-0.39, 0.29) is 57.9 Å². The van der Waals surface area contributed by atoms with Gasteiger partial charge >= 0.3 is 0 Å². The van der Waals surface area contributed by atoms with Crippen LogP contribution in [0.4, 0.5) is 8.78 Å². The summed E-state index contributed by atoms with van der Waals surface area (Å²) in [4.78, 5) is 20.9. The minimum atomic E-state index is -4.02. The van der Waals surface area contributed by atoms with Crippen molar-refractivity contribution in [3.63, 3.8) is 0 Å². The highest BCUT2D eigenvalue weighted by Gasteiger charge is 2.54. The van der Waals surface area contributed by atoms with Gasteiger partial charge in [-0.2, -0.15) is 0 Å². The molecule has 2 saturated heterocycles. The zero-order chi connectivity index (χ0) is 22.7. The molecule has 2 N–H and O–H groups in total. The van der Waals surface area contributed by atoms with E-state index in [1.807, 2.05) is 0 Å². The van der Waals surface area contributed by atoms with Crippen LogP contribution in [0.25, 0.3) is 0 Å². The number of carbonyl (C=O) groups excluding carboxylic acids is 1. The third-order valence-electron chi connectivity index (χ3n) is 6.05. The Bertz CT molecular complexity index is 862. The Labute approximate surface area is 180 Å². The number of ether oxygens (including phenoxy) is 1. The summed E-state index contributed by atoms with van der Waals surface area (Å²) in [5.41, 5.74) is 2.14. The van der Waals surface area contributed by atoms with E-state index in [0.717, 1.165) is 6.92 Å². The van der Waals surface area contributed by atoms with Crippen LogP contribution in [0.1, 0.15) is 56.3 Å². The zero-order valence-corrected chi connectivity index (χ0v) is 18.2. The van der Waals surface area contributed by atoms with Crippen LogP contribution in [0.5, 0.6) is 0 Å². The van der Waals surface area contributed by atoms with Gasteiger partial charge in [0.05, 0.1) is 0 Å². The van der Waals surface area contributed by atoms with E-state index in [4.69, 9.17) is 9.94 Å². The Morgan fingerprint density at radius 2 is 1.87 bits per heavy atom. The predicted octanol–water partition coefficient (Wildman–Crippen LogP) is 1.63. The van der Waals surface area contributed by atoms with Crippen molar-refractivity contribution in [3.8, 4) is 0 Å². The van der Waals surface area contributed by atoms with Crippen LogP contribution in [0.3, 0.4) is 0 Å². The molecular weight excluding hydrogens is 434 g/mol. The maximum absolute atomic E-state index is 13.3. The van der Waals surface area contributed by atoms with Crippen LogP contribution in [0.2, 0.25) is 0 Å². The average molecular weight is 463 g/mol. The third kappa shape index (κ3) is 5.18. The second-order valence-corrected chi connectivity index (χ2v) is 10.5. The molecule has 31 heavy (non-hydrogen) atoms. The van der Waals surface area contributed by atoms with Crippen molar-refractivity contribution >= 4 is 15.9 Å². The van der Waals surface area contributed by atoms with Crippen LogP contribution >= 0.6 is 0 Å². The molecule has 2 aliphatic rings. The molecule has 3 rings (SSSR count). The fourth-order valence-corrected chi connectivity index (χ4v) is 6.22.